The van der Waals surface area contributed by atoms with Gasteiger partial charge in [0.25, 0.3) is 0 Å². The molecule has 33 heavy (non-hydrogen) atoms. The summed E-state index contributed by atoms with van der Waals surface area (Å²) in [6, 6.07) is 2.29. The maximum Gasteiger partial charge on any atom is 0.409 e. The van der Waals surface area contributed by atoms with Gasteiger partial charge in [-0.25, -0.2) is 4.79 Å². The molecule has 1 unspecified atom stereocenters. The van der Waals surface area contributed by atoms with Crippen molar-refractivity contribution in [3.05, 3.63) is 53.1 Å². The minimum atomic E-state index is -0.421. The van der Waals surface area contributed by atoms with Crippen molar-refractivity contribution in [1.29, 1.82) is 5.26 Å². The van der Waals surface area contributed by atoms with Gasteiger partial charge in [-0.1, -0.05) is 19.2 Å². The van der Waals surface area contributed by atoms with E-state index in [1.165, 1.54) is 23.4 Å². The van der Waals surface area contributed by atoms with Crippen molar-refractivity contribution in [1.82, 2.24) is 4.90 Å². The molecule has 1 aliphatic heterocycles. The van der Waals surface area contributed by atoms with Crippen LogP contribution in [0.1, 0.15) is 28.8 Å². The van der Waals surface area contributed by atoms with Gasteiger partial charge in [-0.3, -0.25) is 9.79 Å². The lowest BCUT2D eigenvalue weighted by molar-refractivity contribution is -0.104. The quantitative estimate of drug-likeness (QED) is 0.273. The second-order valence-corrected chi connectivity index (χ2v) is 8.78. The fourth-order valence-electron chi connectivity index (χ4n) is 3.63. The summed E-state index contributed by atoms with van der Waals surface area (Å²) in [6.45, 7) is 8.31. The number of ether oxygens (including phenoxy) is 1. The van der Waals surface area contributed by atoms with Crippen LogP contribution < -0.4 is 5.32 Å². The van der Waals surface area contributed by atoms with Crippen molar-refractivity contribution in [3.8, 4) is 6.07 Å². The van der Waals surface area contributed by atoms with Crippen LogP contribution in [0.4, 0.5) is 9.80 Å². The molecule has 1 aromatic heterocycles. The van der Waals surface area contributed by atoms with Gasteiger partial charge in [0.1, 0.15) is 17.4 Å². The van der Waals surface area contributed by atoms with E-state index in [0.717, 1.165) is 35.4 Å². The Bertz CT molecular complexity index is 940. The number of β-amino-alcohol motifs (C(OH)–C–C–N with tert-alkyl or cyclic N) is 1. The lowest BCUT2D eigenvalue weighted by Crippen LogP contribution is -2.32. The third kappa shape index (κ3) is 7.70. The number of aliphatic hydroxyl groups is 1. The smallest absolute Gasteiger partial charge is 0.409 e. The zero-order chi connectivity index (χ0) is 24.2. The van der Waals surface area contributed by atoms with Crippen molar-refractivity contribution in [2.45, 2.75) is 31.8 Å². The van der Waals surface area contributed by atoms with E-state index >= 15 is 0 Å². The molecule has 1 aliphatic carbocycles. The van der Waals surface area contributed by atoms with Crippen LogP contribution in [-0.2, 0) is 22.4 Å². The lowest BCUT2D eigenvalue weighted by Gasteiger charge is -2.23. The van der Waals surface area contributed by atoms with Gasteiger partial charge in [-0.2, -0.15) is 5.26 Å². The molecule has 2 heterocycles. The summed E-state index contributed by atoms with van der Waals surface area (Å²) in [5.74, 6) is 0.300. The molecule has 1 amide bonds. The van der Waals surface area contributed by atoms with E-state index < -0.39 is 6.10 Å². The van der Waals surface area contributed by atoms with E-state index in [1.807, 2.05) is 7.05 Å². The predicted molar refractivity (Wildman–Crippen MR) is 131 cm³/mol. The van der Waals surface area contributed by atoms with Gasteiger partial charge in [0.2, 0.25) is 0 Å². The van der Waals surface area contributed by atoms with E-state index in [1.54, 1.807) is 22.3 Å². The molecule has 0 aromatic carbocycles. The molecule has 9 heteroatoms. The number of nitrogens with one attached hydrogen (secondary N) is 1. The summed E-state index contributed by atoms with van der Waals surface area (Å²) in [6.07, 6.45) is 9.06. The van der Waals surface area contributed by atoms with Crippen LogP contribution in [0, 0.1) is 17.2 Å². The van der Waals surface area contributed by atoms with Crippen LogP contribution in [0.25, 0.3) is 0 Å². The standard InChI is InChI=1S/C16H21N3O3S.C8H9NO/c1-18-15-13(7-17)12-3-2-10(6-14(12)23-15)9-22-16(21)19-5-4-11(20)8-19;1-3-9-7-8(2)5-4-6-10/h10-11,18,20H,2-6,8-9H2,1H3;3-7H,1-2H2/b;5-4+,9-7?/t10?,11-;/m1./s1. The molecule has 0 radical (unpaired) electrons. The van der Waals surface area contributed by atoms with Crippen LogP contribution in [0.3, 0.4) is 0 Å². The number of hydrogen-bond donors (Lipinski definition) is 2. The fourth-order valence-corrected chi connectivity index (χ4v) is 4.90. The maximum atomic E-state index is 12.0. The topological polar surface area (TPSA) is 115 Å². The van der Waals surface area contributed by atoms with Gasteiger partial charge in [-0.15, -0.1) is 11.3 Å². The van der Waals surface area contributed by atoms with E-state index in [2.05, 4.69) is 29.5 Å². The number of thiophene rings is 1. The van der Waals surface area contributed by atoms with Gasteiger partial charge in [0.15, 0.2) is 0 Å². The van der Waals surface area contributed by atoms with Gasteiger partial charge in [0, 0.05) is 37.4 Å². The number of amides is 1. The average Bonchev–Trinajstić information content (AvgIpc) is 3.42. The van der Waals surface area contributed by atoms with E-state index in [0.29, 0.717) is 43.9 Å². The summed E-state index contributed by atoms with van der Waals surface area (Å²) in [7, 11) is 1.84. The van der Waals surface area contributed by atoms with Crippen molar-refractivity contribution in [2.75, 3.05) is 32.1 Å². The molecular weight excluding hydrogens is 440 g/mol. The SMILES string of the molecule is C=CN=CC(=C)/C=C/C=O.CNc1sc2c(c1C#N)CCC(COC(=O)N1CC[C@@H](O)C1)C2. The van der Waals surface area contributed by atoms with E-state index in [-0.39, 0.29) is 6.09 Å². The second-order valence-electron chi connectivity index (χ2n) is 7.67. The number of rotatable bonds is 7. The van der Waals surface area contributed by atoms with Crippen molar-refractivity contribution in [2.24, 2.45) is 10.9 Å². The van der Waals surface area contributed by atoms with Crippen LogP contribution in [0.2, 0.25) is 0 Å². The Morgan fingerprint density at radius 1 is 1.48 bits per heavy atom. The summed E-state index contributed by atoms with van der Waals surface area (Å²) < 4.78 is 5.42. The zero-order valence-corrected chi connectivity index (χ0v) is 19.6. The number of aliphatic hydroxyl groups excluding tert-OH is 1. The largest absolute Gasteiger partial charge is 0.449 e. The Hall–Kier alpha value is -3.22. The number of hydrogen-bond acceptors (Lipinski definition) is 8. The number of allylic oxidation sites excluding steroid dienone is 3. The van der Waals surface area contributed by atoms with Gasteiger partial charge >= 0.3 is 6.09 Å². The first-order valence-electron chi connectivity index (χ1n) is 10.7. The van der Waals surface area contributed by atoms with E-state index in [4.69, 9.17) is 4.74 Å². The predicted octanol–water partition coefficient (Wildman–Crippen LogP) is 3.48. The highest BCUT2D eigenvalue weighted by molar-refractivity contribution is 7.16. The van der Waals surface area contributed by atoms with Crippen LogP contribution >= 0.6 is 11.3 Å². The zero-order valence-electron chi connectivity index (χ0n) is 18.8. The summed E-state index contributed by atoms with van der Waals surface area (Å²) in [5.41, 5.74) is 2.60. The molecule has 2 N–H and O–H groups in total. The van der Waals surface area contributed by atoms with Gasteiger partial charge in [0.05, 0.1) is 18.3 Å². The number of nitrogens with zero attached hydrogens (tertiary/aromatic N) is 3. The normalized spacial score (nSPS) is 19.4. The minimum absolute atomic E-state index is 0.300. The fraction of sp³-hybridized carbons (Fsp3) is 0.417. The first-order chi connectivity index (χ1) is 15.9. The molecule has 0 bridgehead atoms. The molecule has 2 atom stereocenters. The first-order valence-corrected chi connectivity index (χ1v) is 11.5. The Morgan fingerprint density at radius 3 is 2.88 bits per heavy atom. The third-order valence-corrected chi connectivity index (χ3v) is 6.58. The lowest BCUT2D eigenvalue weighted by atomic mass is 9.88. The highest BCUT2D eigenvalue weighted by atomic mass is 32.1. The highest BCUT2D eigenvalue weighted by Crippen LogP contribution is 2.39. The van der Waals surface area contributed by atoms with Crippen molar-refractivity contribution in [3.63, 3.8) is 0 Å². The third-order valence-electron chi connectivity index (χ3n) is 5.30. The molecule has 0 spiro atoms. The number of aliphatic imine (C=N–C) groups is 1. The second kappa shape index (κ2) is 13.4. The summed E-state index contributed by atoms with van der Waals surface area (Å²) in [4.78, 5) is 28.3. The Balaban J connectivity index is 0.000000328. The van der Waals surface area contributed by atoms with Crippen LogP contribution in [-0.4, -0.2) is 61.4 Å². The van der Waals surface area contributed by atoms with Gasteiger partial charge in [-0.05, 0) is 48.8 Å². The minimum Gasteiger partial charge on any atom is -0.449 e. The number of anilines is 1. The van der Waals surface area contributed by atoms with E-state index in [9.17, 15) is 20.0 Å². The molecule has 8 nitrogen and oxygen atoms in total. The molecule has 176 valence electrons. The van der Waals surface area contributed by atoms with Crippen molar-refractivity contribution >= 4 is 34.9 Å². The number of aldehydes is 1. The Kier molecular flexibility index (Phi) is 10.5. The molecule has 1 aromatic rings. The Morgan fingerprint density at radius 2 is 2.27 bits per heavy atom. The first kappa shape index (κ1) is 26.0. The number of nitriles is 1. The number of likely N-dealkylation sites (tertiary alicyclic amines) is 1. The monoisotopic (exact) mass is 470 g/mol. The average molecular weight is 471 g/mol. The van der Waals surface area contributed by atoms with Crippen LogP contribution in [0.5, 0.6) is 0 Å². The Labute approximate surface area is 198 Å². The number of carbonyl (C=O) groups is 2. The molecular formula is C24H30N4O4S. The molecule has 1 saturated heterocycles. The highest BCUT2D eigenvalue weighted by Gasteiger charge is 2.29. The molecule has 3 rings (SSSR count). The van der Waals surface area contributed by atoms with Crippen LogP contribution in [0.15, 0.2) is 42.1 Å². The number of carbonyl (C=O) groups excluding carboxylic acids is 2. The van der Waals surface area contributed by atoms with Gasteiger partial charge < -0.3 is 20.1 Å². The number of fused-ring (bicyclic) bond motifs is 1. The maximum absolute atomic E-state index is 12.0. The molecule has 2 aliphatic rings. The molecule has 0 saturated carbocycles. The summed E-state index contributed by atoms with van der Waals surface area (Å²) in [5, 5.41) is 22.8. The molecule has 1 fully saturated rings. The summed E-state index contributed by atoms with van der Waals surface area (Å²) >= 11 is 1.63. The van der Waals surface area contributed by atoms with Crippen molar-refractivity contribution < 1.29 is 19.4 Å².